The van der Waals surface area contributed by atoms with Crippen LogP contribution in [0.15, 0.2) is 6.07 Å². The van der Waals surface area contributed by atoms with Crippen molar-refractivity contribution in [1.82, 2.24) is 9.88 Å². The first kappa shape index (κ1) is 13.6. The van der Waals surface area contributed by atoms with E-state index in [0.717, 1.165) is 12.8 Å². The molecular formula is C12H14F3N3O. The van der Waals surface area contributed by atoms with Crippen LogP contribution in [-0.4, -0.2) is 34.9 Å². The third-order valence-corrected chi connectivity index (χ3v) is 3.03. The Bertz CT molecular complexity index is 489. The van der Waals surface area contributed by atoms with Crippen molar-refractivity contribution in [3.05, 3.63) is 23.6 Å². The molecule has 0 radical (unpaired) electrons. The molecule has 1 N–H and O–H groups in total. The van der Waals surface area contributed by atoms with Crippen LogP contribution in [0.2, 0.25) is 0 Å². The standard InChI is InChI=1S/C12H14F3N3O/c1-7(12(19)18-4-2-3-5-18)16-11-9(14)6-8(13)10(15)17-11/h6-7H,2-5H2,1H3,(H,16,17). The second-order valence-electron chi connectivity index (χ2n) is 4.49. The monoisotopic (exact) mass is 273 g/mol. The normalized spacial score (nSPS) is 16.5. The molecule has 2 rings (SSSR count). The molecule has 104 valence electrons. The van der Waals surface area contributed by atoms with E-state index in [0.29, 0.717) is 19.2 Å². The van der Waals surface area contributed by atoms with E-state index in [1.165, 1.54) is 6.92 Å². The van der Waals surface area contributed by atoms with Crippen LogP contribution in [0.25, 0.3) is 0 Å². The highest BCUT2D eigenvalue weighted by molar-refractivity contribution is 5.84. The van der Waals surface area contributed by atoms with Gasteiger partial charge in [-0.3, -0.25) is 4.79 Å². The van der Waals surface area contributed by atoms with Gasteiger partial charge in [0.25, 0.3) is 5.95 Å². The lowest BCUT2D eigenvalue weighted by molar-refractivity contribution is -0.130. The molecule has 1 aromatic heterocycles. The topological polar surface area (TPSA) is 45.2 Å². The number of pyridine rings is 1. The van der Waals surface area contributed by atoms with Gasteiger partial charge in [0.05, 0.1) is 0 Å². The summed E-state index contributed by atoms with van der Waals surface area (Å²) in [4.78, 5) is 16.7. The van der Waals surface area contributed by atoms with Crippen LogP contribution in [0.4, 0.5) is 19.0 Å². The summed E-state index contributed by atoms with van der Waals surface area (Å²) in [5.74, 6) is -4.45. The summed E-state index contributed by atoms with van der Waals surface area (Å²) < 4.78 is 39.0. The van der Waals surface area contributed by atoms with Gasteiger partial charge in [0, 0.05) is 19.2 Å². The van der Waals surface area contributed by atoms with Crippen molar-refractivity contribution in [2.24, 2.45) is 0 Å². The van der Waals surface area contributed by atoms with E-state index in [1.807, 2.05) is 0 Å². The number of anilines is 1. The smallest absolute Gasteiger partial charge is 0.251 e. The Morgan fingerprint density at radius 2 is 1.95 bits per heavy atom. The lowest BCUT2D eigenvalue weighted by Gasteiger charge is -2.21. The summed E-state index contributed by atoms with van der Waals surface area (Å²) in [6.45, 7) is 2.86. The molecule has 1 aliphatic heterocycles. The van der Waals surface area contributed by atoms with E-state index in [4.69, 9.17) is 0 Å². The molecule has 4 nitrogen and oxygen atoms in total. The summed E-state index contributed by atoms with van der Waals surface area (Å²) in [5, 5.41) is 2.47. The number of likely N-dealkylation sites (tertiary alicyclic amines) is 1. The maximum atomic E-state index is 13.4. The zero-order chi connectivity index (χ0) is 14.0. The Hall–Kier alpha value is -1.79. The summed E-state index contributed by atoms with van der Waals surface area (Å²) in [6, 6.07) is -0.345. The zero-order valence-corrected chi connectivity index (χ0v) is 10.4. The second-order valence-corrected chi connectivity index (χ2v) is 4.49. The highest BCUT2D eigenvalue weighted by Gasteiger charge is 2.24. The Kier molecular flexibility index (Phi) is 3.92. The number of amides is 1. The van der Waals surface area contributed by atoms with Crippen molar-refractivity contribution >= 4 is 11.7 Å². The Balaban J connectivity index is 2.08. The van der Waals surface area contributed by atoms with Gasteiger partial charge in [-0.15, -0.1) is 0 Å². The van der Waals surface area contributed by atoms with E-state index in [-0.39, 0.29) is 5.91 Å². The molecule has 0 spiro atoms. The van der Waals surface area contributed by atoms with E-state index in [2.05, 4.69) is 10.3 Å². The van der Waals surface area contributed by atoms with Crippen molar-refractivity contribution in [2.45, 2.75) is 25.8 Å². The zero-order valence-electron chi connectivity index (χ0n) is 10.4. The van der Waals surface area contributed by atoms with E-state index >= 15 is 0 Å². The number of carbonyl (C=O) groups excluding carboxylic acids is 1. The van der Waals surface area contributed by atoms with Gasteiger partial charge in [0.15, 0.2) is 17.5 Å². The van der Waals surface area contributed by atoms with Crippen LogP contribution in [0.5, 0.6) is 0 Å². The van der Waals surface area contributed by atoms with Crippen LogP contribution in [-0.2, 0) is 4.79 Å². The number of carbonyl (C=O) groups is 1. The Morgan fingerprint density at radius 1 is 1.32 bits per heavy atom. The number of hydrogen-bond acceptors (Lipinski definition) is 3. The van der Waals surface area contributed by atoms with Crippen molar-refractivity contribution < 1.29 is 18.0 Å². The molecule has 7 heteroatoms. The van der Waals surface area contributed by atoms with Crippen LogP contribution in [0.3, 0.4) is 0 Å². The maximum absolute atomic E-state index is 13.4. The van der Waals surface area contributed by atoms with Crippen molar-refractivity contribution in [2.75, 3.05) is 18.4 Å². The van der Waals surface area contributed by atoms with Gasteiger partial charge in [-0.05, 0) is 19.8 Å². The fourth-order valence-corrected chi connectivity index (χ4v) is 2.02. The minimum Gasteiger partial charge on any atom is -0.356 e. The molecule has 1 atom stereocenters. The predicted octanol–water partition coefficient (Wildman–Crippen LogP) is 1.92. The van der Waals surface area contributed by atoms with E-state index in [1.54, 1.807) is 4.90 Å². The van der Waals surface area contributed by atoms with Crippen molar-refractivity contribution in [1.29, 1.82) is 0 Å². The summed E-state index contributed by atoms with van der Waals surface area (Å²) in [6.07, 6.45) is 1.88. The van der Waals surface area contributed by atoms with Gasteiger partial charge >= 0.3 is 0 Å². The lowest BCUT2D eigenvalue weighted by Crippen LogP contribution is -2.40. The van der Waals surface area contributed by atoms with Crippen LogP contribution >= 0.6 is 0 Å². The minimum atomic E-state index is -1.40. The Labute approximate surface area is 108 Å². The quantitative estimate of drug-likeness (QED) is 0.856. The van der Waals surface area contributed by atoms with Gasteiger partial charge in [-0.1, -0.05) is 0 Å². The largest absolute Gasteiger partial charge is 0.356 e. The summed E-state index contributed by atoms with van der Waals surface area (Å²) in [5.41, 5.74) is 0. The third-order valence-electron chi connectivity index (χ3n) is 3.03. The number of hydrogen-bond donors (Lipinski definition) is 1. The molecule has 0 aromatic carbocycles. The van der Waals surface area contributed by atoms with Crippen molar-refractivity contribution in [3.8, 4) is 0 Å². The average Bonchev–Trinajstić information content (AvgIpc) is 2.88. The molecule has 1 amide bonds. The van der Waals surface area contributed by atoms with Crippen LogP contribution < -0.4 is 5.32 Å². The molecule has 2 heterocycles. The minimum absolute atomic E-state index is 0.205. The number of nitrogens with one attached hydrogen (secondary N) is 1. The summed E-state index contributed by atoms with van der Waals surface area (Å²) >= 11 is 0. The summed E-state index contributed by atoms with van der Waals surface area (Å²) in [7, 11) is 0. The number of nitrogens with zero attached hydrogens (tertiary/aromatic N) is 2. The maximum Gasteiger partial charge on any atom is 0.251 e. The van der Waals surface area contributed by atoms with E-state index in [9.17, 15) is 18.0 Å². The van der Waals surface area contributed by atoms with Gasteiger partial charge in [-0.25, -0.2) is 8.78 Å². The molecule has 0 bridgehead atoms. The predicted molar refractivity (Wildman–Crippen MR) is 63.0 cm³/mol. The van der Waals surface area contributed by atoms with Crippen molar-refractivity contribution in [3.63, 3.8) is 0 Å². The molecule has 1 aromatic rings. The first-order chi connectivity index (χ1) is 8.99. The number of halogens is 3. The molecule has 0 aliphatic carbocycles. The first-order valence-corrected chi connectivity index (χ1v) is 6.06. The molecular weight excluding hydrogens is 259 g/mol. The van der Waals surface area contributed by atoms with Gasteiger partial charge in [0.1, 0.15) is 6.04 Å². The molecule has 1 saturated heterocycles. The van der Waals surface area contributed by atoms with Crippen LogP contribution in [0.1, 0.15) is 19.8 Å². The second kappa shape index (κ2) is 5.46. The fraction of sp³-hybridized carbons (Fsp3) is 0.500. The van der Waals surface area contributed by atoms with Gasteiger partial charge in [0.2, 0.25) is 5.91 Å². The third kappa shape index (κ3) is 2.97. The number of rotatable bonds is 3. The first-order valence-electron chi connectivity index (χ1n) is 6.06. The molecule has 19 heavy (non-hydrogen) atoms. The highest BCUT2D eigenvalue weighted by Crippen LogP contribution is 2.16. The average molecular weight is 273 g/mol. The lowest BCUT2D eigenvalue weighted by atomic mass is 10.3. The SMILES string of the molecule is CC(Nc1nc(F)c(F)cc1F)C(=O)N1CCCC1. The van der Waals surface area contributed by atoms with Gasteiger partial charge in [-0.2, -0.15) is 9.37 Å². The fourth-order valence-electron chi connectivity index (χ4n) is 2.02. The molecule has 0 saturated carbocycles. The molecule has 1 fully saturated rings. The van der Waals surface area contributed by atoms with Crippen LogP contribution in [0, 0.1) is 17.6 Å². The van der Waals surface area contributed by atoms with Gasteiger partial charge < -0.3 is 10.2 Å². The highest BCUT2D eigenvalue weighted by atomic mass is 19.2. The number of aromatic nitrogens is 1. The molecule has 1 unspecified atom stereocenters. The Morgan fingerprint density at radius 3 is 2.58 bits per heavy atom. The van der Waals surface area contributed by atoms with E-state index < -0.39 is 29.4 Å². The molecule has 1 aliphatic rings.